The number of hydrogen-bond donors (Lipinski definition) is 0. The van der Waals surface area contributed by atoms with Crippen molar-refractivity contribution in [2.75, 3.05) is 0 Å². The highest BCUT2D eigenvalue weighted by molar-refractivity contribution is 6.09. The van der Waals surface area contributed by atoms with E-state index in [1.165, 1.54) is 44.1 Å². The summed E-state index contributed by atoms with van der Waals surface area (Å²) < 4.78 is 9.18. The van der Waals surface area contributed by atoms with E-state index in [4.69, 9.17) is 19.7 Å². The number of nitrogens with zero attached hydrogens (tertiary/aromatic N) is 4. The Morgan fingerprint density at radius 2 is 0.778 bits per heavy atom. The number of aromatic nitrogens is 4. The number of para-hydroxylation sites is 3. The molecule has 0 N–H and O–H groups in total. The summed E-state index contributed by atoms with van der Waals surface area (Å²) in [5.41, 5.74) is 15.1. The van der Waals surface area contributed by atoms with Gasteiger partial charge in [0.2, 0.25) is 0 Å². The van der Waals surface area contributed by atoms with Crippen molar-refractivity contribution in [3.8, 4) is 73.6 Å². The molecule has 2 aliphatic rings. The van der Waals surface area contributed by atoms with Crippen LogP contribution < -0.4 is 4.74 Å². The zero-order valence-electron chi connectivity index (χ0n) is 34.0. The van der Waals surface area contributed by atoms with E-state index < -0.39 is 5.41 Å². The average Bonchev–Trinajstić information content (AvgIpc) is 3.85. The lowest BCUT2D eigenvalue weighted by Crippen LogP contribution is -2.32. The first-order chi connectivity index (χ1) is 31.2. The molecule has 0 atom stereocenters. The number of benzene rings is 9. The fraction of sp³-hybridized carbons (Fsp3) is 0.0172. The lowest BCUT2D eigenvalue weighted by atomic mass is 9.66. The highest BCUT2D eigenvalue weighted by Crippen LogP contribution is 2.62. The topological polar surface area (TPSA) is 52.8 Å². The largest absolute Gasteiger partial charge is 0.457 e. The average molecular weight is 805 g/mol. The van der Waals surface area contributed by atoms with Gasteiger partial charge in [0.05, 0.1) is 16.4 Å². The van der Waals surface area contributed by atoms with Crippen molar-refractivity contribution in [2.45, 2.75) is 5.41 Å². The van der Waals surface area contributed by atoms with E-state index >= 15 is 0 Å². The van der Waals surface area contributed by atoms with Crippen molar-refractivity contribution in [1.82, 2.24) is 19.5 Å². The normalized spacial score (nSPS) is 13.0. The Kier molecular flexibility index (Phi) is 7.75. The highest BCUT2D eigenvalue weighted by Gasteiger charge is 2.51. The maximum atomic E-state index is 6.83. The Bertz CT molecular complexity index is 3490. The molecule has 63 heavy (non-hydrogen) atoms. The number of ether oxygens (including phenoxy) is 1. The van der Waals surface area contributed by atoms with Gasteiger partial charge in [-0.15, -0.1) is 0 Å². The fourth-order valence-corrected chi connectivity index (χ4v) is 10.2. The van der Waals surface area contributed by atoms with E-state index in [0.29, 0.717) is 17.5 Å². The fourth-order valence-electron chi connectivity index (χ4n) is 10.2. The van der Waals surface area contributed by atoms with Crippen LogP contribution in [0, 0.1) is 0 Å². The summed E-state index contributed by atoms with van der Waals surface area (Å²) in [5, 5.41) is 2.51. The quantitative estimate of drug-likeness (QED) is 0.174. The summed E-state index contributed by atoms with van der Waals surface area (Å²) >= 11 is 0. The van der Waals surface area contributed by atoms with Crippen LogP contribution in [0.25, 0.3) is 83.9 Å². The van der Waals surface area contributed by atoms with E-state index in [0.717, 1.165) is 56.1 Å². The predicted octanol–water partition coefficient (Wildman–Crippen LogP) is 14.1. The number of rotatable bonds is 5. The molecule has 0 radical (unpaired) electrons. The molecule has 0 fully saturated rings. The first kappa shape index (κ1) is 35.4. The second-order valence-corrected chi connectivity index (χ2v) is 16.3. The maximum Gasteiger partial charge on any atom is 0.164 e. The molecule has 0 amide bonds. The third kappa shape index (κ3) is 5.33. The van der Waals surface area contributed by atoms with Crippen LogP contribution in [-0.4, -0.2) is 19.5 Å². The Balaban J connectivity index is 0.894. The van der Waals surface area contributed by atoms with Crippen LogP contribution >= 0.6 is 0 Å². The lowest BCUT2D eigenvalue weighted by Gasteiger charge is -2.39. The lowest BCUT2D eigenvalue weighted by molar-refractivity contribution is 0.436. The van der Waals surface area contributed by atoms with E-state index in [2.05, 4.69) is 187 Å². The van der Waals surface area contributed by atoms with E-state index in [1.807, 2.05) is 36.4 Å². The van der Waals surface area contributed by atoms with Crippen molar-refractivity contribution in [1.29, 1.82) is 0 Å². The van der Waals surface area contributed by atoms with Crippen LogP contribution in [-0.2, 0) is 5.41 Å². The first-order valence-electron chi connectivity index (χ1n) is 21.3. The van der Waals surface area contributed by atoms with Crippen LogP contribution in [0.15, 0.2) is 218 Å². The van der Waals surface area contributed by atoms with Crippen LogP contribution in [0.1, 0.15) is 22.3 Å². The summed E-state index contributed by atoms with van der Waals surface area (Å²) in [7, 11) is 0. The zero-order valence-corrected chi connectivity index (χ0v) is 34.0. The summed E-state index contributed by atoms with van der Waals surface area (Å²) in [6.45, 7) is 0. The second kappa shape index (κ2) is 13.8. The molecule has 1 aliphatic carbocycles. The minimum Gasteiger partial charge on any atom is -0.457 e. The molecule has 294 valence electrons. The predicted molar refractivity (Wildman–Crippen MR) is 253 cm³/mol. The molecule has 2 aromatic heterocycles. The molecule has 5 heteroatoms. The van der Waals surface area contributed by atoms with Gasteiger partial charge in [-0.3, -0.25) is 0 Å². The van der Waals surface area contributed by atoms with Crippen LogP contribution in [0.2, 0.25) is 0 Å². The molecule has 0 bridgehead atoms. The molecule has 5 nitrogen and oxygen atoms in total. The number of fused-ring (bicyclic) bond motifs is 12. The van der Waals surface area contributed by atoms with Gasteiger partial charge >= 0.3 is 0 Å². The Labute approximate surface area is 364 Å². The Morgan fingerprint density at radius 1 is 0.333 bits per heavy atom. The number of hydrogen-bond acceptors (Lipinski definition) is 4. The van der Waals surface area contributed by atoms with Crippen molar-refractivity contribution in [3.63, 3.8) is 0 Å². The first-order valence-corrected chi connectivity index (χ1v) is 21.3. The van der Waals surface area contributed by atoms with E-state index in [-0.39, 0.29) is 0 Å². The second-order valence-electron chi connectivity index (χ2n) is 16.3. The molecule has 0 saturated carbocycles. The molecule has 9 aromatic carbocycles. The maximum absolute atomic E-state index is 6.83. The van der Waals surface area contributed by atoms with Gasteiger partial charge in [-0.25, -0.2) is 15.0 Å². The smallest absolute Gasteiger partial charge is 0.164 e. The molecule has 3 heterocycles. The van der Waals surface area contributed by atoms with Crippen LogP contribution in [0.4, 0.5) is 0 Å². The van der Waals surface area contributed by atoms with E-state index in [9.17, 15) is 0 Å². The van der Waals surface area contributed by atoms with Crippen molar-refractivity contribution >= 4 is 21.8 Å². The molecular formula is C58H36N4O. The molecule has 0 saturated heterocycles. The van der Waals surface area contributed by atoms with Crippen molar-refractivity contribution < 1.29 is 4.74 Å². The zero-order chi connectivity index (χ0) is 41.5. The van der Waals surface area contributed by atoms with E-state index in [1.54, 1.807) is 0 Å². The molecule has 0 unspecified atom stereocenters. The van der Waals surface area contributed by atoms with Gasteiger partial charge in [0.15, 0.2) is 17.5 Å². The van der Waals surface area contributed by atoms with Crippen LogP contribution in [0.3, 0.4) is 0 Å². The molecule has 1 spiro atoms. The van der Waals surface area contributed by atoms with Gasteiger partial charge in [-0.05, 0) is 69.8 Å². The summed E-state index contributed by atoms with van der Waals surface area (Å²) in [6, 6.07) is 77.2. The van der Waals surface area contributed by atoms with Crippen molar-refractivity contribution in [2.24, 2.45) is 0 Å². The molecule has 13 rings (SSSR count). The third-order valence-corrected chi connectivity index (χ3v) is 13.0. The summed E-state index contributed by atoms with van der Waals surface area (Å²) in [5.74, 6) is 3.42. The van der Waals surface area contributed by atoms with Gasteiger partial charge in [0.1, 0.15) is 11.5 Å². The third-order valence-electron chi connectivity index (χ3n) is 13.0. The Hall–Kier alpha value is -8.41. The van der Waals surface area contributed by atoms with Crippen molar-refractivity contribution in [3.05, 3.63) is 241 Å². The van der Waals surface area contributed by atoms with Gasteiger partial charge in [0, 0.05) is 44.3 Å². The monoisotopic (exact) mass is 804 g/mol. The minimum absolute atomic E-state index is 0.539. The summed E-state index contributed by atoms with van der Waals surface area (Å²) in [6.07, 6.45) is 0. The van der Waals surface area contributed by atoms with Gasteiger partial charge in [-0.2, -0.15) is 0 Å². The van der Waals surface area contributed by atoms with Gasteiger partial charge in [0.25, 0.3) is 0 Å². The summed E-state index contributed by atoms with van der Waals surface area (Å²) in [4.78, 5) is 15.3. The molecule has 1 aliphatic heterocycles. The Morgan fingerprint density at radius 3 is 1.41 bits per heavy atom. The van der Waals surface area contributed by atoms with Gasteiger partial charge in [-0.1, -0.05) is 182 Å². The van der Waals surface area contributed by atoms with Crippen LogP contribution in [0.5, 0.6) is 11.5 Å². The van der Waals surface area contributed by atoms with Gasteiger partial charge < -0.3 is 9.30 Å². The molecular weight excluding hydrogens is 769 g/mol. The molecule has 11 aromatic rings. The minimum atomic E-state index is -0.539. The standard InChI is InChI=1S/C58H36N4O/c1-2-14-39(15-3-1)55-59-56(40-28-26-37(27-29-40)38-30-33-42(34-31-38)62-51-23-11-6-18-45(51)46-19-7-12-24-52(46)62)61-57(60-55)41-32-35-50-54(36-41)63-53-25-13-10-22-49(53)58(50)47-20-8-4-16-43(47)44-17-5-9-21-48(44)58/h1-36H. The highest BCUT2D eigenvalue weighted by atomic mass is 16.5. The SMILES string of the molecule is c1ccc(-c2nc(-c3ccc(-c4ccc(-n5c6ccccc6c6ccccc65)cc4)cc3)nc(-c3ccc4c(c3)Oc3ccccc3C43c4ccccc4-c4ccccc43)n2)cc1.